The quantitative estimate of drug-likeness (QED) is 0.263. The molecule has 0 spiro atoms. The van der Waals surface area contributed by atoms with Crippen LogP contribution in [0.3, 0.4) is 0 Å². The summed E-state index contributed by atoms with van der Waals surface area (Å²) in [7, 11) is -4.01. The third kappa shape index (κ3) is 3.61. The van der Waals surface area contributed by atoms with Crippen LogP contribution in [-0.2, 0) is 16.7 Å². The van der Waals surface area contributed by atoms with Crippen LogP contribution in [0.4, 0.5) is 0 Å². The van der Waals surface area contributed by atoms with E-state index in [1.54, 1.807) is 30.3 Å². The number of phenols is 1. The summed E-state index contributed by atoms with van der Waals surface area (Å²) in [6, 6.07) is 11.6. The van der Waals surface area contributed by atoms with Crippen LogP contribution < -0.4 is 4.57 Å². The normalized spacial score (nSPS) is 11.9. The number of hydrogen-bond donors (Lipinski definition) is 3. The van der Waals surface area contributed by atoms with E-state index in [0.29, 0.717) is 34.8 Å². The van der Waals surface area contributed by atoms with Gasteiger partial charge in [-0.05, 0) is 24.6 Å². The molecule has 0 amide bonds. The van der Waals surface area contributed by atoms with Crippen LogP contribution >= 0.6 is 0 Å². The van der Waals surface area contributed by atoms with Gasteiger partial charge in [0.15, 0.2) is 0 Å². The number of aromatic carboxylic acids is 1. The number of unbranched alkanes of at least 4 members (excludes halogenated alkanes) is 1. The Morgan fingerprint density at radius 1 is 1.00 bits per heavy atom. The second-order valence-electron chi connectivity index (χ2n) is 6.04. The molecule has 0 saturated carbocycles. The molecule has 0 unspecified atom stereocenters. The number of carboxylic acid groups (broad SMARTS) is 1. The molecule has 3 N–H and O–H groups in total. The third-order valence-corrected chi connectivity index (χ3v) is 5.06. The van der Waals surface area contributed by atoms with Gasteiger partial charge in [0.2, 0.25) is 11.0 Å². The Bertz CT molecular complexity index is 1110. The standard InChI is InChI=1S/C18H17NO6S/c20-12-7-8-16-14(11-12)17(18(21)22)13-5-1-2-6-15(13)19(16)9-3-4-10-26(23,24)25/h1-2,5-8,11H,3-4,9-10H2,(H2-,20,21,22,23,24,25)/p+1. The Labute approximate surface area is 149 Å². The van der Waals surface area contributed by atoms with Gasteiger partial charge >= 0.3 is 5.97 Å². The smallest absolute Gasteiger partial charge is 0.337 e. The van der Waals surface area contributed by atoms with Gasteiger partial charge in [-0.1, -0.05) is 12.1 Å². The molecule has 0 bridgehead atoms. The van der Waals surface area contributed by atoms with Crippen LogP contribution in [-0.4, -0.2) is 34.9 Å². The van der Waals surface area contributed by atoms with Crippen molar-refractivity contribution < 1.29 is 32.5 Å². The highest BCUT2D eigenvalue weighted by Gasteiger charge is 2.24. The molecule has 0 atom stereocenters. The van der Waals surface area contributed by atoms with E-state index in [0.717, 1.165) is 0 Å². The zero-order valence-corrected chi connectivity index (χ0v) is 14.6. The number of nitrogens with zero attached hydrogens (tertiary/aromatic N) is 1. The second-order valence-corrected chi connectivity index (χ2v) is 7.62. The Morgan fingerprint density at radius 2 is 1.69 bits per heavy atom. The molecule has 0 saturated heterocycles. The molecule has 0 aliphatic rings. The molecule has 26 heavy (non-hydrogen) atoms. The summed E-state index contributed by atoms with van der Waals surface area (Å²) < 4.78 is 32.5. The predicted octanol–water partition coefficient (Wildman–Crippen LogP) is 2.35. The molecule has 1 aromatic heterocycles. The number of carbonyl (C=O) groups is 1. The van der Waals surface area contributed by atoms with E-state index < -0.39 is 16.1 Å². The lowest BCUT2D eigenvalue weighted by molar-refractivity contribution is -0.645. The largest absolute Gasteiger partial charge is 0.508 e. The van der Waals surface area contributed by atoms with Crippen molar-refractivity contribution in [2.75, 3.05) is 5.75 Å². The highest BCUT2D eigenvalue weighted by molar-refractivity contribution is 7.85. The zero-order chi connectivity index (χ0) is 18.9. The Balaban J connectivity index is 2.17. The molecule has 8 heteroatoms. The van der Waals surface area contributed by atoms with Crippen LogP contribution in [0.5, 0.6) is 5.75 Å². The number of aromatic nitrogens is 1. The molecule has 0 radical (unpaired) electrons. The number of rotatable bonds is 6. The number of benzene rings is 2. The summed E-state index contributed by atoms with van der Waals surface area (Å²) in [6.07, 6.45) is 0.761. The molecule has 0 aliphatic carbocycles. The molecular formula is C18H18NO6S+. The van der Waals surface area contributed by atoms with Crippen molar-refractivity contribution in [3.8, 4) is 5.75 Å². The number of carboxylic acids is 1. The average molecular weight is 376 g/mol. The van der Waals surface area contributed by atoms with Crippen LogP contribution in [0.25, 0.3) is 21.8 Å². The van der Waals surface area contributed by atoms with Crippen molar-refractivity contribution in [1.29, 1.82) is 0 Å². The fraction of sp³-hybridized carbons (Fsp3) is 0.222. The fourth-order valence-electron chi connectivity index (χ4n) is 3.18. The first-order chi connectivity index (χ1) is 12.3. The van der Waals surface area contributed by atoms with Gasteiger partial charge in [-0.15, -0.1) is 0 Å². The molecule has 2 aromatic carbocycles. The number of hydrogen-bond acceptors (Lipinski definition) is 4. The van der Waals surface area contributed by atoms with Gasteiger partial charge in [-0.2, -0.15) is 13.0 Å². The van der Waals surface area contributed by atoms with Gasteiger partial charge < -0.3 is 10.2 Å². The lowest BCUT2D eigenvalue weighted by Gasteiger charge is -2.10. The van der Waals surface area contributed by atoms with Gasteiger partial charge in [0.05, 0.1) is 22.1 Å². The van der Waals surface area contributed by atoms with E-state index in [-0.39, 0.29) is 23.5 Å². The van der Waals surface area contributed by atoms with Gasteiger partial charge in [-0.3, -0.25) is 4.55 Å². The summed E-state index contributed by atoms with van der Waals surface area (Å²) in [5.74, 6) is -1.44. The van der Waals surface area contributed by atoms with Crippen LogP contribution in [0.15, 0.2) is 42.5 Å². The highest BCUT2D eigenvalue weighted by Crippen LogP contribution is 2.27. The van der Waals surface area contributed by atoms with Gasteiger partial charge in [0.25, 0.3) is 10.1 Å². The monoisotopic (exact) mass is 376 g/mol. The lowest BCUT2D eigenvalue weighted by Crippen LogP contribution is -2.36. The second kappa shape index (κ2) is 6.89. The highest BCUT2D eigenvalue weighted by atomic mass is 32.2. The van der Waals surface area contributed by atoms with Crippen molar-refractivity contribution in [3.63, 3.8) is 0 Å². The lowest BCUT2D eigenvalue weighted by atomic mass is 10.0. The SMILES string of the molecule is O=C(O)c1c2ccccc2[n+](CCCCS(=O)(=O)O)c2ccc(O)cc12. The van der Waals surface area contributed by atoms with Crippen molar-refractivity contribution in [1.82, 2.24) is 0 Å². The number of aryl methyl sites for hydroxylation is 1. The van der Waals surface area contributed by atoms with Crippen LogP contribution in [0.1, 0.15) is 23.2 Å². The minimum atomic E-state index is -4.01. The maximum absolute atomic E-state index is 11.8. The van der Waals surface area contributed by atoms with Gasteiger partial charge in [0.1, 0.15) is 12.3 Å². The Morgan fingerprint density at radius 3 is 2.38 bits per heavy atom. The number of para-hydroxylation sites is 1. The molecule has 3 rings (SSSR count). The third-order valence-electron chi connectivity index (χ3n) is 4.25. The molecule has 1 heterocycles. The first-order valence-corrected chi connectivity index (χ1v) is 9.64. The number of phenolic OH excluding ortho intramolecular Hbond substituents is 1. The minimum absolute atomic E-state index is 0.0341. The van der Waals surface area contributed by atoms with Crippen LogP contribution in [0, 0.1) is 0 Å². The number of aromatic hydroxyl groups is 1. The maximum atomic E-state index is 11.8. The minimum Gasteiger partial charge on any atom is -0.508 e. The first-order valence-electron chi connectivity index (χ1n) is 8.03. The van der Waals surface area contributed by atoms with E-state index >= 15 is 0 Å². The molecular weight excluding hydrogens is 358 g/mol. The van der Waals surface area contributed by atoms with Crippen molar-refractivity contribution in [3.05, 3.63) is 48.0 Å². The topological polar surface area (TPSA) is 116 Å². The molecule has 136 valence electrons. The molecule has 3 aromatic rings. The van der Waals surface area contributed by atoms with Gasteiger partial charge in [-0.25, -0.2) is 4.79 Å². The summed E-state index contributed by atoms with van der Waals surface area (Å²) in [5, 5.41) is 20.4. The summed E-state index contributed by atoms with van der Waals surface area (Å²) in [4.78, 5) is 11.8. The van der Waals surface area contributed by atoms with Gasteiger partial charge in [0, 0.05) is 18.6 Å². The Hall–Kier alpha value is -2.71. The molecule has 0 fully saturated rings. The number of pyridine rings is 1. The molecule has 0 aliphatic heterocycles. The van der Waals surface area contributed by atoms with Crippen molar-refractivity contribution >= 4 is 37.9 Å². The van der Waals surface area contributed by atoms with E-state index in [9.17, 15) is 23.4 Å². The average Bonchev–Trinajstić information content (AvgIpc) is 2.56. The summed E-state index contributed by atoms with van der Waals surface area (Å²) >= 11 is 0. The molecule has 7 nitrogen and oxygen atoms in total. The van der Waals surface area contributed by atoms with E-state index in [4.69, 9.17) is 4.55 Å². The fourth-order valence-corrected chi connectivity index (χ4v) is 3.75. The van der Waals surface area contributed by atoms with Crippen LogP contribution in [0.2, 0.25) is 0 Å². The van der Waals surface area contributed by atoms with E-state index in [1.165, 1.54) is 12.1 Å². The predicted molar refractivity (Wildman–Crippen MR) is 95.9 cm³/mol. The Kier molecular flexibility index (Phi) is 4.80. The van der Waals surface area contributed by atoms with E-state index in [1.807, 2.05) is 4.57 Å². The van der Waals surface area contributed by atoms with Crippen molar-refractivity contribution in [2.24, 2.45) is 0 Å². The maximum Gasteiger partial charge on any atom is 0.337 e. The summed E-state index contributed by atoms with van der Waals surface area (Å²) in [5.41, 5.74) is 1.45. The first kappa shape index (κ1) is 18.1. The number of fused-ring (bicyclic) bond motifs is 2. The van der Waals surface area contributed by atoms with E-state index in [2.05, 4.69) is 0 Å². The van der Waals surface area contributed by atoms with Crippen molar-refractivity contribution in [2.45, 2.75) is 19.4 Å². The zero-order valence-electron chi connectivity index (χ0n) is 13.8. The summed E-state index contributed by atoms with van der Waals surface area (Å²) in [6.45, 7) is 0.442.